The molecule has 1 aromatic rings. The number of aliphatic hydroxyl groups excluding tert-OH is 1. The van der Waals surface area contributed by atoms with Gasteiger partial charge in [0, 0.05) is 19.7 Å². The molecule has 0 saturated heterocycles. The molecule has 2 N–H and O–H groups in total. The van der Waals surface area contributed by atoms with Crippen molar-refractivity contribution in [1.82, 2.24) is 5.32 Å². The molecule has 0 unspecified atom stereocenters. The smallest absolute Gasteiger partial charge is 0.0897 e. The summed E-state index contributed by atoms with van der Waals surface area (Å²) >= 11 is 0. The van der Waals surface area contributed by atoms with E-state index in [1.807, 2.05) is 18.2 Å². The maximum Gasteiger partial charge on any atom is 0.0897 e. The molecular formula is C26H47NO2. The first-order valence-corrected chi connectivity index (χ1v) is 12.3. The van der Waals surface area contributed by atoms with Gasteiger partial charge in [0.15, 0.2) is 0 Å². The van der Waals surface area contributed by atoms with E-state index in [0.717, 1.165) is 19.6 Å². The second-order valence-corrected chi connectivity index (χ2v) is 8.44. The summed E-state index contributed by atoms with van der Waals surface area (Å²) in [5.74, 6) is 0. The zero-order chi connectivity index (χ0) is 20.8. The molecule has 0 amide bonds. The van der Waals surface area contributed by atoms with Crippen LogP contribution >= 0.6 is 0 Å². The Labute approximate surface area is 180 Å². The minimum absolute atomic E-state index is 0.426. The highest BCUT2D eigenvalue weighted by atomic mass is 16.5. The van der Waals surface area contributed by atoms with Gasteiger partial charge in [-0.1, -0.05) is 121 Å². The SMILES string of the molecule is CCCCCCCCCCCCCCCCOC[C@@H](O)CNCc1ccccc1. The van der Waals surface area contributed by atoms with Gasteiger partial charge in [-0.15, -0.1) is 0 Å². The molecule has 0 aliphatic heterocycles. The molecule has 3 nitrogen and oxygen atoms in total. The van der Waals surface area contributed by atoms with E-state index in [4.69, 9.17) is 4.74 Å². The van der Waals surface area contributed by atoms with Crippen LogP contribution in [0, 0.1) is 0 Å². The Bertz CT molecular complexity index is 438. The molecule has 1 aromatic carbocycles. The molecule has 0 aliphatic carbocycles. The summed E-state index contributed by atoms with van der Waals surface area (Å²) in [5.41, 5.74) is 1.24. The molecule has 0 spiro atoms. The van der Waals surface area contributed by atoms with E-state index in [9.17, 15) is 5.11 Å². The number of hydrogen-bond acceptors (Lipinski definition) is 3. The number of benzene rings is 1. The van der Waals surface area contributed by atoms with Gasteiger partial charge in [-0.3, -0.25) is 0 Å². The maximum atomic E-state index is 9.95. The van der Waals surface area contributed by atoms with Crippen molar-refractivity contribution in [1.29, 1.82) is 0 Å². The van der Waals surface area contributed by atoms with E-state index in [2.05, 4.69) is 24.4 Å². The molecule has 0 aliphatic rings. The van der Waals surface area contributed by atoms with Crippen molar-refractivity contribution < 1.29 is 9.84 Å². The van der Waals surface area contributed by atoms with Gasteiger partial charge in [-0.2, -0.15) is 0 Å². The largest absolute Gasteiger partial charge is 0.389 e. The third-order valence-electron chi connectivity index (χ3n) is 5.50. The van der Waals surface area contributed by atoms with Gasteiger partial charge in [-0.05, 0) is 12.0 Å². The van der Waals surface area contributed by atoms with Crippen molar-refractivity contribution >= 4 is 0 Å². The molecular weight excluding hydrogens is 358 g/mol. The third kappa shape index (κ3) is 17.7. The lowest BCUT2D eigenvalue weighted by atomic mass is 10.0. The van der Waals surface area contributed by atoms with E-state index in [0.29, 0.717) is 13.2 Å². The van der Waals surface area contributed by atoms with Gasteiger partial charge in [0.1, 0.15) is 0 Å². The third-order valence-corrected chi connectivity index (χ3v) is 5.50. The molecule has 168 valence electrons. The van der Waals surface area contributed by atoms with Crippen LogP contribution in [-0.2, 0) is 11.3 Å². The second-order valence-electron chi connectivity index (χ2n) is 8.44. The molecule has 3 heteroatoms. The van der Waals surface area contributed by atoms with Crippen LogP contribution in [0.3, 0.4) is 0 Å². The zero-order valence-electron chi connectivity index (χ0n) is 19.0. The highest BCUT2D eigenvalue weighted by molar-refractivity contribution is 5.14. The van der Waals surface area contributed by atoms with Crippen LogP contribution in [0.2, 0.25) is 0 Å². The van der Waals surface area contributed by atoms with Gasteiger partial charge in [-0.25, -0.2) is 0 Å². The number of rotatable bonds is 21. The van der Waals surface area contributed by atoms with Crippen molar-refractivity contribution in [3.8, 4) is 0 Å². The molecule has 0 heterocycles. The average Bonchev–Trinajstić information content (AvgIpc) is 2.74. The summed E-state index contributed by atoms with van der Waals surface area (Å²) in [6, 6.07) is 10.3. The highest BCUT2D eigenvalue weighted by Crippen LogP contribution is 2.13. The van der Waals surface area contributed by atoms with Gasteiger partial charge >= 0.3 is 0 Å². The first kappa shape index (κ1) is 26.1. The lowest BCUT2D eigenvalue weighted by Gasteiger charge is -2.12. The molecule has 0 aromatic heterocycles. The summed E-state index contributed by atoms with van der Waals surface area (Å²) < 4.78 is 5.62. The molecule has 0 saturated carbocycles. The standard InChI is InChI=1S/C26H47NO2/c1-2-3-4-5-6-7-8-9-10-11-12-13-14-18-21-29-24-26(28)23-27-22-25-19-16-15-17-20-25/h15-17,19-20,26-28H,2-14,18,21-24H2,1H3/t26-/m0/s1. The molecule has 1 rings (SSSR count). The molecule has 0 radical (unpaired) electrons. The fraction of sp³-hybridized carbons (Fsp3) is 0.769. The van der Waals surface area contributed by atoms with E-state index < -0.39 is 6.10 Å². The number of unbranched alkanes of at least 4 members (excludes halogenated alkanes) is 13. The Morgan fingerprint density at radius 2 is 1.28 bits per heavy atom. The quantitative estimate of drug-likeness (QED) is 0.225. The van der Waals surface area contributed by atoms with Gasteiger partial charge < -0.3 is 15.2 Å². The summed E-state index contributed by atoms with van der Waals surface area (Å²) in [7, 11) is 0. The van der Waals surface area contributed by atoms with Crippen LogP contribution in [-0.4, -0.2) is 31.0 Å². The topological polar surface area (TPSA) is 41.5 Å². The normalized spacial score (nSPS) is 12.3. The monoisotopic (exact) mass is 405 g/mol. The predicted molar refractivity (Wildman–Crippen MR) is 125 cm³/mol. The summed E-state index contributed by atoms with van der Waals surface area (Å²) in [6.07, 6.45) is 18.8. The first-order chi connectivity index (χ1) is 14.3. The van der Waals surface area contributed by atoms with Crippen molar-refractivity contribution in [2.24, 2.45) is 0 Å². The van der Waals surface area contributed by atoms with Crippen molar-refractivity contribution in [2.75, 3.05) is 19.8 Å². The van der Waals surface area contributed by atoms with Crippen LogP contribution < -0.4 is 5.32 Å². The Hall–Kier alpha value is -0.900. The summed E-state index contributed by atoms with van der Waals surface area (Å²) in [4.78, 5) is 0. The lowest BCUT2D eigenvalue weighted by molar-refractivity contribution is 0.0353. The van der Waals surface area contributed by atoms with Crippen molar-refractivity contribution in [2.45, 2.75) is 109 Å². The van der Waals surface area contributed by atoms with E-state index >= 15 is 0 Å². The van der Waals surface area contributed by atoms with Crippen LogP contribution in [0.25, 0.3) is 0 Å². The Morgan fingerprint density at radius 3 is 1.83 bits per heavy atom. The molecule has 0 fully saturated rings. The average molecular weight is 406 g/mol. The number of aliphatic hydroxyl groups is 1. The fourth-order valence-electron chi connectivity index (χ4n) is 3.66. The summed E-state index contributed by atoms with van der Waals surface area (Å²) in [5, 5.41) is 13.2. The van der Waals surface area contributed by atoms with Gasteiger partial charge in [0.25, 0.3) is 0 Å². The zero-order valence-corrected chi connectivity index (χ0v) is 19.0. The molecule has 1 atom stereocenters. The minimum atomic E-state index is -0.426. The first-order valence-electron chi connectivity index (χ1n) is 12.3. The van der Waals surface area contributed by atoms with E-state index in [1.54, 1.807) is 0 Å². The van der Waals surface area contributed by atoms with Crippen molar-refractivity contribution in [3.05, 3.63) is 35.9 Å². The Morgan fingerprint density at radius 1 is 0.759 bits per heavy atom. The van der Waals surface area contributed by atoms with Crippen LogP contribution in [0.1, 0.15) is 102 Å². The highest BCUT2D eigenvalue weighted by Gasteiger charge is 2.03. The Kier molecular flexibility index (Phi) is 18.4. The number of hydrogen-bond donors (Lipinski definition) is 2. The molecule has 29 heavy (non-hydrogen) atoms. The summed E-state index contributed by atoms with van der Waals surface area (Å²) in [6.45, 7) is 4.85. The van der Waals surface area contributed by atoms with Crippen LogP contribution in [0.5, 0.6) is 0 Å². The van der Waals surface area contributed by atoms with Crippen LogP contribution in [0.15, 0.2) is 30.3 Å². The lowest BCUT2D eigenvalue weighted by Crippen LogP contribution is -2.30. The number of ether oxygens (including phenoxy) is 1. The van der Waals surface area contributed by atoms with Gasteiger partial charge in [0.05, 0.1) is 12.7 Å². The van der Waals surface area contributed by atoms with Gasteiger partial charge in [0.2, 0.25) is 0 Å². The molecule has 0 bridgehead atoms. The second kappa shape index (κ2) is 20.4. The Balaban J connectivity index is 1.74. The fourth-order valence-corrected chi connectivity index (χ4v) is 3.66. The minimum Gasteiger partial charge on any atom is -0.389 e. The predicted octanol–water partition coefficient (Wildman–Crippen LogP) is 6.64. The van der Waals surface area contributed by atoms with E-state index in [-0.39, 0.29) is 0 Å². The maximum absolute atomic E-state index is 9.95. The van der Waals surface area contributed by atoms with Crippen LogP contribution in [0.4, 0.5) is 0 Å². The van der Waals surface area contributed by atoms with E-state index in [1.165, 1.54) is 89.0 Å². The number of nitrogens with one attached hydrogen (secondary N) is 1. The van der Waals surface area contributed by atoms with Crippen molar-refractivity contribution in [3.63, 3.8) is 0 Å².